The third-order valence-electron chi connectivity index (χ3n) is 4.08. The number of benzene rings is 2. The number of hydrogen-bond acceptors (Lipinski definition) is 0. The number of nitrogens with zero attached hydrogens (tertiary/aromatic N) is 1. The van der Waals surface area contributed by atoms with Crippen LogP contribution >= 0.6 is 0 Å². The van der Waals surface area contributed by atoms with E-state index in [0.29, 0.717) is 6.17 Å². The summed E-state index contributed by atoms with van der Waals surface area (Å²) in [4.78, 5) is 0. The van der Waals surface area contributed by atoms with Crippen LogP contribution in [0.2, 0.25) is 0 Å². The molecular weight excluding hydrogens is 261 g/mol. The first-order valence-corrected chi connectivity index (χ1v) is 7.05. The SMILES string of the molecule is [2H]c1cc2cc(F)ccc2c(-c2cc(C)cc(C)c2C)[n+]1C. The summed E-state index contributed by atoms with van der Waals surface area (Å²) in [6, 6.07) is 10.8. The molecule has 2 aromatic carbocycles. The highest BCUT2D eigenvalue weighted by Crippen LogP contribution is 2.30. The van der Waals surface area contributed by atoms with E-state index in [9.17, 15) is 4.39 Å². The zero-order chi connectivity index (χ0) is 16.0. The van der Waals surface area contributed by atoms with Gasteiger partial charge in [0.15, 0.2) is 6.17 Å². The first-order chi connectivity index (χ1) is 10.4. The molecule has 0 spiro atoms. The van der Waals surface area contributed by atoms with E-state index in [1.54, 1.807) is 12.1 Å². The van der Waals surface area contributed by atoms with Gasteiger partial charge in [0.25, 0.3) is 0 Å². The normalized spacial score (nSPS) is 11.8. The lowest BCUT2D eigenvalue weighted by molar-refractivity contribution is -0.659. The van der Waals surface area contributed by atoms with Crippen molar-refractivity contribution in [1.82, 2.24) is 0 Å². The van der Waals surface area contributed by atoms with Gasteiger partial charge in [0.2, 0.25) is 5.69 Å². The Morgan fingerprint density at radius 3 is 2.57 bits per heavy atom. The predicted molar refractivity (Wildman–Crippen MR) is 84.7 cm³/mol. The standard InChI is InChI=1S/C19H19FN/c1-12-9-13(2)14(3)18(10-12)19-17-6-5-16(20)11-15(17)7-8-21(19)4/h5-11H,1-4H3/q+1/i8D. The van der Waals surface area contributed by atoms with Crippen LogP contribution in [0, 0.1) is 26.6 Å². The summed E-state index contributed by atoms with van der Waals surface area (Å²) in [5.74, 6) is -0.274. The summed E-state index contributed by atoms with van der Waals surface area (Å²) >= 11 is 0. The molecule has 21 heavy (non-hydrogen) atoms. The Hall–Kier alpha value is -2.22. The van der Waals surface area contributed by atoms with E-state index in [0.717, 1.165) is 22.0 Å². The van der Waals surface area contributed by atoms with Gasteiger partial charge in [-0.2, -0.15) is 0 Å². The summed E-state index contributed by atoms with van der Waals surface area (Å²) in [6.07, 6.45) is 0.367. The van der Waals surface area contributed by atoms with Gasteiger partial charge in [-0.3, -0.25) is 0 Å². The fraction of sp³-hybridized carbons (Fsp3) is 0.211. The third-order valence-corrected chi connectivity index (χ3v) is 4.08. The molecule has 0 saturated carbocycles. The second-order valence-corrected chi connectivity index (χ2v) is 5.67. The number of aryl methyl sites for hydroxylation is 2. The Kier molecular flexibility index (Phi) is 2.95. The van der Waals surface area contributed by atoms with Crippen LogP contribution in [0.5, 0.6) is 0 Å². The molecule has 1 nitrogen and oxygen atoms in total. The van der Waals surface area contributed by atoms with Gasteiger partial charge in [0.05, 0.1) is 10.9 Å². The van der Waals surface area contributed by atoms with Crippen LogP contribution in [-0.4, -0.2) is 0 Å². The Morgan fingerprint density at radius 1 is 1.05 bits per heavy atom. The maximum Gasteiger partial charge on any atom is 0.220 e. The molecule has 0 amide bonds. The Balaban J connectivity index is 2.47. The second kappa shape index (κ2) is 4.96. The molecule has 0 aliphatic rings. The largest absolute Gasteiger partial charge is 0.220 e. The van der Waals surface area contributed by atoms with E-state index in [4.69, 9.17) is 1.37 Å². The van der Waals surface area contributed by atoms with E-state index in [1.807, 2.05) is 11.6 Å². The fourth-order valence-electron chi connectivity index (χ4n) is 2.89. The number of hydrogen-bond donors (Lipinski definition) is 0. The number of fused-ring (bicyclic) bond motifs is 1. The van der Waals surface area contributed by atoms with Crippen LogP contribution in [0.1, 0.15) is 18.1 Å². The molecule has 0 saturated heterocycles. The van der Waals surface area contributed by atoms with Crippen LogP contribution in [-0.2, 0) is 7.05 Å². The molecule has 0 aliphatic heterocycles. The summed E-state index contributed by atoms with van der Waals surface area (Å²) < 4.78 is 23.6. The van der Waals surface area contributed by atoms with Crippen LogP contribution < -0.4 is 4.57 Å². The van der Waals surface area contributed by atoms with Gasteiger partial charge in [0.1, 0.15) is 14.2 Å². The quantitative estimate of drug-likeness (QED) is 0.582. The van der Waals surface area contributed by atoms with Crippen molar-refractivity contribution < 1.29 is 10.3 Å². The van der Waals surface area contributed by atoms with Crippen molar-refractivity contribution in [3.63, 3.8) is 0 Å². The molecule has 0 bridgehead atoms. The number of pyridine rings is 1. The molecule has 0 atom stereocenters. The Labute approximate surface area is 126 Å². The highest BCUT2D eigenvalue weighted by Gasteiger charge is 2.18. The number of rotatable bonds is 1. The summed E-state index contributed by atoms with van der Waals surface area (Å²) in [5, 5.41) is 1.73. The van der Waals surface area contributed by atoms with E-state index in [1.165, 1.54) is 28.8 Å². The van der Waals surface area contributed by atoms with Crippen LogP contribution in [0.15, 0.2) is 42.6 Å². The molecule has 106 valence electrons. The van der Waals surface area contributed by atoms with Crippen molar-refractivity contribution in [2.75, 3.05) is 0 Å². The number of aromatic nitrogens is 1. The molecule has 3 aromatic rings. The average molecular weight is 281 g/mol. The first-order valence-electron chi connectivity index (χ1n) is 7.55. The van der Waals surface area contributed by atoms with Gasteiger partial charge in [-0.05, 0) is 61.5 Å². The fourth-order valence-corrected chi connectivity index (χ4v) is 2.89. The van der Waals surface area contributed by atoms with Crippen LogP contribution in [0.4, 0.5) is 4.39 Å². The van der Waals surface area contributed by atoms with E-state index in [2.05, 4.69) is 32.9 Å². The summed E-state index contributed by atoms with van der Waals surface area (Å²) in [7, 11) is 1.89. The topological polar surface area (TPSA) is 3.88 Å². The molecular formula is C19H19FN+. The lowest BCUT2D eigenvalue weighted by Crippen LogP contribution is -2.30. The summed E-state index contributed by atoms with van der Waals surface area (Å²) in [5.41, 5.74) is 5.67. The van der Waals surface area contributed by atoms with Crippen molar-refractivity contribution >= 4 is 10.8 Å². The number of halogens is 1. The minimum Gasteiger partial charge on any atom is -0.207 e. The lowest BCUT2D eigenvalue weighted by atomic mass is 9.94. The van der Waals surface area contributed by atoms with Gasteiger partial charge in [-0.1, -0.05) is 11.6 Å². The van der Waals surface area contributed by atoms with Crippen LogP contribution in [0.25, 0.3) is 22.0 Å². The second-order valence-electron chi connectivity index (χ2n) is 5.67. The minimum atomic E-state index is -0.274. The molecule has 1 aromatic heterocycles. The van der Waals surface area contributed by atoms with Crippen molar-refractivity contribution in [3.8, 4) is 11.3 Å². The van der Waals surface area contributed by atoms with Crippen molar-refractivity contribution in [3.05, 3.63) is 65.1 Å². The van der Waals surface area contributed by atoms with Crippen LogP contribution in [0.3, 0.4) is 0 Å². The molecule has 2 heteroatoms. The van der Waals surface area contributed by atoms with Gasteiger partial charge in [-0.25, -0.2) is 8.96 Å². The van der Waals surface area contributed by atoms with E-state index >= 15 is 0 Å². The van der Waals surface area contributed by atoms with E-state index in [-0.39, 0.29) is 5.82 Å². The zero-order valence-corrected chi connectivity index (χ0v) is 12.8. The maximum absolute atomic E-state index is 13.5. The highest BCUT2D eigenvalue weighted by molar-refractivity contribution is 5.93. The molecule has 0 fully saturated rings. The van der Waals surface area contributed by atoms with Crippen molar-refractivity contribution in [2.45, 2.75) is 20.8 Å². The molecule has 0 radical (unpaired) electrons. The molecule has 0 unspecified atom stereocenters. The molecule has 0 N–H and O–H groups in total. The van der Waals surface area contributed by atoms with Gasteiger partial charge in [-0.15, -0.1) is 0 Å². The molecule has 1 heterocycles. The first kappa shape index (κ1) is 12.5. The molecule has 0 aliphatic carbocycles. The zero-order valence-electron chi connectivity index (χ0n) is 13.8. The van der Waals surface area contributed by atoms with E-state index < -0.39 is 0 Å². The Morgan fingerprint density at radius 2 is 1.81 bits per heavy atom. The third kappa shape index (κ3) is 2.31. The van der Waals surface area contributed by atoms with Crippen molar-refractivity contribution in [2.24, 2.45) is 7.05 Å². The molecule has 3 rings (SSSR count). The highest BCUT2D eigenvalue weighted by atomic mass is 19.1. The van der Waals surface area contributed by atoms with Gasteiger partial charge >= 0.3 is 0 Å². The van der Waals surface area contributed by atoms with Gasteiger partial charge < -0.3 is 0 Å². The van der Waals surface area contributed by atoms with Crippen molar-refractivity contribution in [1.29, 1.82) is 0 Å². The van der Waals surface area contributed by atoms with Gasteiger partial charge in [0, 0.05) is 6.07 Å². The predicted octanol–water partition coefficient (Wildman–Crippen LogP) is 4.40. The average Bonchev–Trinajstić information content (AvgIpc) is 2.45. The minimum absolute atomic E-state index is 0.274. The smallest absolute Gasteiger partial charge is 0.207 e. The lowest BCUT2D eigenvalue weighted by Gasteiger charge is -2.11. The monoisotopic (exact) mass is 281 g/mol. The maximum atomic E-state index is 13.5. The summed E-state index contributed by atoms with van der Waals surface area (Å²) in [6.45, 7) is 6.26. The Bertz CT molecular complexity index is 900.